The summed E-state index contributed by atoms with van der Waals surface area (Å²) in [4.78, 5) is 3.87. The van der Waals surface area contributed by atoms with Crippen molar-refractivity contribution in [2.75, 3.05) is 0 Å². The molecule has 0 amide bonds. The minimum atomic E-state index is -0.435. The van der Waals surface area contributed by atoms with Crippen LogP contribution in [0.25, 0.3) is 0 Å². The molecule has 0 rings (SSSR count). The Balaban J connectivity index is 3.90. The molecule has 0 bridgehead atoms. The molecule has 2 N–H and O–H groups in total. The molecule has 0 aromatic heterocycles. The predicted octanol–water partition coefficient (Wildman–Crippen LogP) is 1.80. The van der Waals surface area contributed by atoms with Crippen molar-refractivity contribution in [1.82, 2.24) is 0 Å². The van der Waals surface area contributed by atoms with Gasteiger partial charge in [-0.15, -0.1) is 0 Å². The van der Waals surface area contributed by atoms with Gasteiger partial charge in [-0.1, -0.05) is 20.3 Å². The van der Waals surface area contributed by atoms with Crippen molar-refractivity contribution in [1.29, 1.82) is 0 Å². The van der Waals surface area contributed by atoms with Crippen LogP contribution in [0.1, 0.15) is 33.6 Å². The number of hydrogen-bond acceptors (Lipinski definition) is 2. The van der Waals surface area contributed by atoms with E-state index in [9.17, 15) is 0 Å². The van der Waals surface area contributed by atoms with Crippen LogP contribution in [0.15, 0.2) is 4.99 Å². The van der Waals surface area contributed by atoms with Gasteiger partial charge in [-0.05, 0) is 26.0 Å². The lowest BCUT2D eigenvalue weighted by Crippen LogP contribution is -2.40. The Morgan fingerprint density at radius 2 is 2.20 bits per heavy atom. The van der Waals surface area contributed by atoms with E-state index < -0.39 is 5.66 Å². The Labute approximate surface area is 63.5 Å². The maximum Gasteiger partial charge on any atom is 0.107 e. The van der Waals surface area contributed by atoms with E-state index in [0.717, 1.165) is 12.8 Å². The maximum atomic E-state index is 5.82. The van der Waals surface area contributed by atoms with E-state index in [4.69, 9.17) is 5.73 Å². The summed E-state index contributed by atoms with van der Waals surface area (Å²) >= 11 is 0. The van der Waals surface area contributed by atoms with E-state index in [1.54, 1.807) is 0 Å². The molecule has 0 aliphatic carbocycles. The zero-order chi connectivity index (χ0) is 8.20. The lowest BCUT2D eigenvalue weighted by atomic mass is 9.93. The largest absolute Gasteiger partial charge is 0.307 e. The van der Waals surface area contributed by atoms with Crippen LogP contribution in [-0.2, 0) is 0 Å². The fourth-order valence-corrected chi connectivity index (χ4v) is 0.881. The molecule has 0 fully saturated rings. The van der Waals surface area contributed by atoms with Crippen molar-refractivity contribution < 1.29 is 0 Å². The zero-order valence-electron chi connectivity index (χ0n) is 7.22. The summed E-state index contributed by atoms with van der Waals surface area (Å²) in [5.41, 5.74) is 5.38. The first-order valence-corrected chi connectivity index (χ1v) is 3.81. The molecule has 2 nitrogen and oxygen atoms in total. The molecule has 0 radical (unpaired) electrons. The van der Waals surface area contributed by atoms with Crippen LogP contribution < -0.4 is 5.73 Å². The van der Waals surface area contributed by atoms with Gasteiger partial charge >= 0.3 is 0 Å². The van der Waals surface area contributed by atoms with Gasteiger partial charge in [-0.2, -0.15) is 0 Å². The van der Waals surface area contributed by atoms with Gasteiger partial charge in [0.25, 0.3) is 0 Å². The second-order valence-electron chi connectivity index (χ2n) is 3.07. The first kappa shape index (κ1) is 9.63. The van der Waals surface area contributed by atoms with E-state index in [2.05, 4.69) is 25.6 Å². The fraction of sp³-hybridized carbons (Fsp3) is 0.875. The van der Waals surface area contributed by atoms with Gasteiger partial charge in [-0.3, -0.25) is 4.99 Å². The Bertz CT molecular complexity index is 108. The van der Waals surface area contributed by atoms with Crippen molar-refractivity contribution in [3.8, 4) is 0 Å². The summed E-state index contributed by atoms with van der Waals surface area (Å²) in [5.74, 6) is 0.426. The summed E-state index contributed by atoms with van der Waals surface area (Å²) in [6.45, 7) is 9.64. The van der Waals surface area contributed by atoms with Crippen molar-refractivity contribution >= 4 is 6.72 Å². The summed E-state index contributed by atoms with van der Waals surface area (Å²) in [6, 6.07) is 0. The van der Waals surface area contributed by atoms with Gasteiger partial charge in [-0.25, -0.2) is 0 Å². The second kappa shape index (κ2) is 3.71. The highest BCUT2D eigenvalue weighted by molar-refractivity contribution is 5.25. The number of hydrogen-bond donors (Lipinski definition) is 1. The number of aliphatic imine (C=N–C) groups is 1. The molecule has 0 heterocycles. The van der Waals surface area contributed by atoms with Crippen LogP contribution in [0.5, 0.6) is 0 Å². The molecule has 2 atom stereocenters. The average Bonchev–Trinajstić information content (AvgIpc) is 1.89. The Hall–Kier alpha value is -0.370. The van der Waals surface area contributed by atoms with Crippen LogP contribution in [0, 0.1) is 5.92 Å². The van der Waals surface area contributed by atoms with Crippen LogP contribution in [0.4, 0.5) is 0 Å². The first-order chi connectivity index (χ1) is 4.54. The number of nitrogens with two attached hydrogens (primary N) is 1. The first-order valence-electron chi connectivity index (χ1n) is 3.81. The molecule has 0 aromatic carbocycles. The molecular weight excluding hydrogens is 124 g/mol. The van der Waals surface area contributed by atoms with Gasteiger partial charge in [0, 0.05) is 0 Å². The number of rotatable bonds is 4. The molecule has 60 valence electrons. The molecule has 0 spiro atoms. The van der Waals surface area contributed by atoms with Gasteiger partial charge in [0.15, 0.2) is 0 Å². The summed E-state index contributed by atoms with van der Waals surface area (Å²) in [6.07, 6.45) is 2.27. The van der Waals surface area contributed by atoms with Crippen molar-refractivity contribution in [3.63, 3.8) is 0 Å². The van der Waals surface area contributed by atoms with Crippen molar-refractivity contribution in [3.05, 3.63) is 0 Å². The summed E-state index contributed by atoms with van der Waals surface area (Å²) in [5, 5.41) is 0. The van der Waals surface area contributed by atoms with Gasteiger partial charge < -0.3 is 5.73 Å². The summed E-state index contributed by atoms with van der Waals surface area (Å²) < 4.78 is 0. The average molecular weight is 142 g/mol. The van der Waals surface area contributed by atoms with Crippen LogP contribution >= 0.6 is 0 Å². The third-order valence-corrected chi connectivity index (χ3v) is 2.06. The molecule has 0 aliphatic rings. The fourth-order valence-electron chi connectivity index (χ4n) is 0.881. The van der Waals surface area contributed by atoms with E-state index in [1.807, 2.05) is 6.92 Å². The molecule has 2 unspecified atom stereocenters. The molecule has 10 heavy (non-hydrogen) atoms. The molecule has 0 aliphatic heterocycles. The Kier molecular flexibility index (Phi) is 3.58. The normalized spacial score (nSPS) is 19.6. The minimum absolute atomic E-state index is 0.426. The third-order valence-electron chi connectivity index (χ3n) is 2.06. The molecule has 0 saturated carbocycles. The van der Waals surface area contributed by atoms with Crippen LogP contribution in [-0.4, -0.2) is 12.4 Å². The van der Waals surface area contributed by atoms with E-state index >= 15 is 0 Å². The van der Waals surface area contributed by atoms with E-state index in [0.29, 0.717) is 5.92 Å². The quantitative estimate of drug-likeness (QED) is 0.597. The topological polar surface area (TPSA) is 38.4 Å². The van der Waals surface area contributed by atoms with Gasteiger partial charge in [0.2, 0.25) is 0 Å². The predicted molar refractivity (Wildman–Crippen MR) is 46.2 cm³/mol. The monoisotopic (exact) mass is 142 g/mol. The smallest absolute Gasteiger partial charge is 0.107 e. The van der Waals surface area contributed by atoms with E-state index in [1.165, 1.54) is 0 Å². The second-order valence-corrected chi connectivity index (χ2v) is 3.07. The number of nitrogens with zero attached hydrogens (tertiary/aromatic N) is 1. The standard InChI is InChI=1S/C8H18N2/c1-5-6-7(2)8(3,9)10-4/h7H,4-6,9H2,1-3H3. The summed E-state index contributed by atoms with van der Waals surface area (Å²) in [7, 11) is 0. The van der Waals surface area contributed by atoms with Crippen molar-refractivity contribution in [2.24, 2.45) is 16.6 Å². The SMILES string of the molecule is C=NC(C)(N)C(C)CCC. The minimum Gasteiger partial charge on any atom is -0.307 e. The highest BCUT2D eigenvalue weighted by Crippen LogP contribution is 2.19. The van der Waals surface area contributed by atoms with Gasteiger partial charge in [0.05, 0.1) is 0 Å². The highest BCUT2D eigenvalue weighted by Gasteiger charge is 2.22. The highest BCUT2D eigenvalue weighted by atomic mass is 15.0. The lowest BCUT2D eigenvalue weighted by molar-refractivity contribution is 0.312. The lowest BCUT2D eigenvalue weighted by Gasteiger charge is -2.26. The molecule has 2 heteroatoms. The Morgan fingerprint density at radius 3 is 2.50 bits per heavy atom. The molecular formula is C8H18N2. The van der Waals surface area contributed by atoms with Gasteiger partial charge in [0.1, 0.15) is 5.66 Å². The molecule has 0 aromatic rings. The molecule has 0 saturated heterocycles. The van der Waals surface area contributed by atoms with E-state index in [-0.39, 0.29) is 0 Å². The van der Waals surface area contributed by atoms with Crippen molar-refractivity contribution in [2.45, 2.75) is 39.3 Å². The van der Waals surface area contributed by atoms with Crippen LogP contribution in [0.2, 0.25) is 0 Å². The Morgan fingerprint density at radius 1 is 1.70 bits per heavy atom. The van der Waals surface area contributed by atoms with Crippen LogP contribution in [0.3, 0.4) is 0 Å². The third kappa shape index (κ3) is 2.48. The zero-order valence-corrected chi connectivity index (χ0v) is 7.22. The maximum absolute atomic E-state index is 5.82.